The first-order valence-corrected chi connectivity index (χ1v) is 10.9. The molecule has 160 valence electrons. The maximum Gasteiger partial charge on any atom is 0.251 e. The van der Waals surface area contributed by atoms with Gasteiger partial charge in [-0.15, -0.1) is 0 Å². The number of piperidine rings is 1. The second kappa shape index (κ2) is 10.1. The zero-order valence-corrected chi connectivity index (χ0v) is 18.2. The number of carbonyl (C=O) groups excluding carboxylic acids is 2. The molecule has 0 radical (unpaired) electrons. The Morgan fingerprint density at radius 2 is 1.70 bits per heavy atom. The summed E-state index contributed by atoms with van der Waals surface area (Å²) in [5.41, 5.74) is 1.59. The number of carbonyl (C=O) groups is 2. The summed E-state index contributed by atoms with van der Waals surface area (Å²) in [5, 5.41) is 3.60. The van der Waals surface area contributed by atoms with Gasteiger partial charge in [0, 0.05) is 23.7 Å². The lowest BCUT2D eigenvalue weighted by Crippen LogP contribution is -2.53. The molecule has 2 aromatic carbocycles. The molecule has 30 heavy (non-hydrogen) atoms. The molecule has 6 heteroatoms. The van der Waals surface area contributed by atoms with E-state index in [-0.39, 0.29) is 17.7 Å². The molecule has 2 atom stereocenters. The molecule has 0 aromatic heterocycles. The minimum absolute atomic E-state index is 0.00381. The first-order valence-electron chi connectivity index (χ1n) is 10.5. The van der Waals surface area contributed by atoms with Gasteiger partial charge in [-0.3, -0.25) is 9.59 Å². The van der Waals surface area contributed by atoms with Crippen LogP contribution < -0.4 is 5.32 Å². The predicted molar refractivity (Wildman–Crippen MR) is 117 cm³/mol. The third-order valence-electron chi connectivity index (χ3n) is 6.02. The molecule has 1 N–H and O–H groups in total. The first kappa shape index (κ1) is 22.3. The van der Waals surface area contributed by atoms with E-state index >= 15 is 0 Å². The van der Waals surface area contributed by atoms with Gasteiger partial charge in [0.1, 0.15) is 11.9 Å². The third kappa shape index (κ3) is 5.39. The molecule has 1 heterocycles. The number of amides is 2. The number of likely N-dealkylation sites (tertiary alicyclic amines) is 1. The number of benzene rings is 2. The van der Waals surface area contributed by atoms with Gasteiger partial charge in [0.25, 0.3) is 5.91 Å². The van der Waals surface area contributed by atoms with E-state index in [2.05, 4.69) is 17.4 Å². The van der Waals surface area contributed by atoms with Crippen molar-refractivity contribution in [1.29, 1.82) is 0 Å². The summed E-state index contributed by atoms with van der Waals surface area (Å²) in [6, 6.07) is 12.7. The van der Waals surface area contributed by atoms with Gasteiger partial charge in [0.15, 0.2) is 0 Å². The maximum absolute atomic E-state index is 13.2. The zero-order chi connectivity index (χ0) is 21.7. The number of halogens is 2. The first-order chi connectivity index (χ1) is 14.4. The van der Waals surface area contributed by atoms with E-state index in [9.17, 15) is 14.0 Å². The van der Waals surface area contributed by atoms with E-state index in [0.717, 1.165) is 24.3 Å². The Kier molecular flexibility index (Phi) is 7.48. The number of rotatable bonds is 6. The van der Waals surface area contributed by atoms with Crippen LogP contribution in [0.25, 0.3) is 0 Å². The van der Waals surface area contributed by atoms with Gasteiger partial charge < -0.3 is 10.2 Å². The van der Waals surface area contributed by atoms with Crippen molar-refractivity contribution in [3.8, 4) is 0 Å². The highest BCUT2D eigenvalue weighted by Gasteiger charge is 2.32. The summed E-state index contributed by atoms with van der Waals surface area (Å²) in [6.45, 7) is 5.28. The molecule has 0 spiro atoms. The highest BCUT2D eigenvalue weighted by Crippen LogP contribution is 2.29. The third-order valence-corrected chi connectivity index (χ3v) is 6.27. The van der Waals surface area contributed by atoms with Gasteiger partial charge in [-0.25, -0.2) is 4.39 Å². The summed E-state index contributed by atoms with van der Waals surface area (Å²) in [5.74, 6) is -0.401. The van der Waals surface area contributed by atoms with Crippen molar-refractivity contribution < 1.29 is 14.0 Å². The van der Waals surface area contributed by atoms with Crippen LogP contribution in [0.3, 0.4) is 0 Å². The monoisotopic (exact) mass is 430 g/mol. The minimum Gasteiger partial charge on any atom is -0.341 e. The van der Waals surface area contributed by atoms with Gasteiger partial charge in [-0.1, -0.05) is 44.0 Å². The van der Waals surface area contributed by atoms with E-state index in [0.29, 0.717) is 24.6 Å². The van der Waals surface area contributed by atoms with Gasteiger partial charge in [-0.2, -0.15) is 0 Å². The van der Waals surface area contributed by atoms with Crippen LogP contribution in [0.4, 0.5) is 4.39 Å². The van der Waals surface area contributed by atoms with Crippen molar-refractivity contribution in [2.24, 2.45) is 5.92 Å². The fraction of sp³-hybridized carbons (Fsp3) is 0.417. The standard InChI is InChI=1S/C24H28ClFN2O2/c1-3-16(2)22(27-23(29)19-6-10-21(26)11-7-19)24(30)28-14-12-18(13-15-28)17-4-8-20(25)9-5-17/h4-11,16,18,22H,3,12-15H2,1-2H3,(H,27,29)/t16-,22+/m0/s1. The maximum atomic E-state index is 13.2. The van der Waals surface area contributed by atoms with Crippen molar-refractivity contribution >= 4 is 23.4 Å². The Bertz CT molecular complexity index is 862. The zero-order valence-electron chi connectivity index (χ0n) is 17.4. The molecular weight excluding hydrogens is 403 g/mol. The van der Waals surface area contributed by atoms with Gasteiger partial charge >= 0.3 is 0 Å². The Morgan fingerprint density at radius 1 is 1.10 bits per heavy atom. The summed E-state index contributed by atoms with van der Waals surface area (Å²) in [6.07, 6.45) is 2.53. The lowest BCUT2D eigenvalue weighted by atomic mass is 9.88. The molecule has 1 saturated heterocycles. The highest BCUT2D eigenvalue weighted by molar-refractivity contribution is 6.30. The topological polar surface area (TPSA) is 49.4 Å². The summed E-state index contributed by atoms with van der Waals surface area (Å²) in [7, 11) is 0. The van der Waals surface area contributed by atoms with E-state index in [4.69, 9.17) is 11.6 Å². The fourth-order valence-electron chi connectivity index (χ4n) is 3.87. The highest BCUT2D eigenvalue weighted by atomic mass is 35.5. The SMILES string of the molecule is CC[C@H](C)[C@@H](NC(=O)c1ccc(F)cc1)C(=O)N1CCC(c2ccc(Cl)cc2)CC1. The second-order valence-electron chi connectivity index (χ2n) is 7.99. The smallest absolute Gasteiger partial charge is 0.251 e. The molecule has 1 fully saturated rings. The molecule has 3 rings (SSSR count). The number of nitrogens with one attached hydrogen (secondary N) is 1. The molecule has 2 amide bonds. The number of hydrogen-bond acceptors (Lipinski definition) is 2. The van der Waals surface area contributed by atoms with Crippen LogP contribution in [0, 0.1) is 11.7 Å². The molecule has 0 unspecified atom stereocenters. The lowest BCUT2D eigenvalue weighted by Gasteiger charge is -2.36. The van der Waals surface area contributed by atoms with Crippen LogP contribution in [-0.4, -0.2) is 35.8 Å². The Morgan fingerprint density at radius 3 is 2.27 bits per heavy atom. The Labute approximate surface area is 182 Å². The Hall–Kier alpha value is -2.40. The fourth-order valence-corrected chi connectivity index (χ4v) is 4.00. The lowest BCUT2D eigenvalue weighted by molar-refractivity contribution is -0.135. The van der Waals surface area contributed by atoms with Crippen molar-refractivity contribution in [1.82, 2.24) is 10.2 Å². The molecule has 1 aliphatic rings. The second-order valence-corrected chi connectivity index (χ2v) is 8.43. The van der Waals surface area contributed by atoms with E-state index < -0.39 is 11.9 Å². The largest absolute Gasteiger partial charge is 0.341 e. The summed E-state index contributed by atoms with van der Waals surface area (Å²) < 4.78 is 13.1. The van der Waals surface area contributed by atoms with Crippen LogP contribution in [0.1, 0.15) is 54.9 Å². The molecule has 2 aromatic rings. The molecule has 0 saturated carbocycles. The molecule has 1 aliphatic heterocycles. The van der Waals surface area contributed by atoms with Crippen molar-refractivity contribution in [2.45, 2.75) is 45.1 Å². The Balaban J connectivity index is 1.64. The molecule has 0 aliphatic carbocycles. The van der Waals surface area contributed by atoms with Crippen molar-refractivity contribution in [3.63, 3.8) is 0 Å². The van der Waals surface area contributed by atoms with Gasteiger partial charge in [-0.05, 0) is 66.6 Å². The number of nitrogens with zero attached hydrogens (tertiary/aromatic N) is 1. The van der Waals surface area contributed by atoms with Gasteiger partial charge in [0.2, 0.25) is 5.91 Å². The van der Waals surface area contributed by atoms with Crippen LogP contribution in [0.5, 0.6) is 0 Å². The summed E-state index contributed by atoms with van der Waals surface area (Å²) in [4.78, 5) is 27.7. The van der Waals surface area contributed by atoms with E-state index in [1.165, 1.54) is 29.8 Å². The van der Waals surface area contributed by atoms with Gasteiger partial charge in [0.05, 0.1) is 0 Å². The predicted octanol–water partition coefficient (Wildman–Crippen LogP) is 5.03. The van der Waals surface area contributed by atoms with Crippen LogP contribution in [0.15, 0.2) is 48.5 Å². The summed E-state index contributed by atoms with van der Waals surface area (Å²) >= 11 is 5.98. The number of hydrogen-bond donors (Lipinski definition) is 1. The molecule has 0 bridgehead atoms. The van der Waals surface area contributed by atoms with Crippen LogP contribution in [0.2, 0.25) is 5.02 Å². The van der Waals surface area contributed by atoms with E-state index in [1.54, 1.807) is 0 Å². The average molecular weight is 431 g/mol. The van der Waals surface area contributed by atoms with Crippen molar-refractivity contribution in [2.75, 3.05) is 13.1 Å². The van der Waals surface area contributed by atoms with E-state index in [1.807, 2.05) is 30.9 Å². The van der Waals surface area contributed by atoms with Crippen molar-refractivity contribution in [3.05, 3.63) is 70.5 Å². The molecule has 4 nitrogen and oxygen atoms in total. The van der Waals surface area contributed by atoms with Crippen LogP contribution >= 0.6 is 11.6 Å². The van der Waals surface area contributed by atoms with Crippen LogP contribution in [-0.2, 0) is 4.79 Å². The normalized spacial score (nSPS) is 16.7. The quantitative estimate of drug-likeness (QED) is 0.698. The average Bonchev–Trinajstić information content (AvgIpc) is 2.77. The minimum atomic E-state index is -0.598. The molecular formula is C24H28ClFN2O2.